The first-order chi connectivity index (χ1) is 15.3. The largest absolute Gasteiger partial charge is 0.318 e. The lowest BCUT2D eigenvalue weighted by Crippen LogP contribution is -2.35. The minimum absolute atomic E-state index is 0.0916. The quantitative estimate of drug-likeness (QED) is 0.442. The van der Waals surface area contributed by atoms with Gasteiger partial charge in [-0.25, -0.2) is 0 Å². The number of thioether (sulfide) groups is 1. The van der Waals surface area contributed by atoms with Crippen molar-refractivity contribution in [3.63, 3.8) is 0 Å². The standard InChI is InChI=1S/C25H29N5OS/c1-6-7-8-9-22-28-30-23(26)21(24(31)27-25(30)32-22)14-19-13-17(4)29(18(19)5)20-11-10-15(2)16(3)12-20/h10-14,26H,6-9H2,1-5H3. The van der Waals surface area contributed by atoms with E-state index < -0.39 is 0 Å². The Hall–Kier alpha value is -2.93. The second-order valence-corrected chi connectivity index (χ2v) is 9.44. The van der Waals surface area contributed by atoms with E-state index in [4.69, 9.17) is 5.41 Å². The van der Waals surface area contributed by atoms with Crippen LogP contribution in [0.3, 0.4) is 0 Å². The number of fused-ring (bicyclic) bond motifs is 1. The van der Waals surface area contributed by atoms with Gasteiger partial charge in [0.25, 0.3) is 5.91 Å². The monoisotopic (exact) mass is 447 g/mol. The zero-order valence-electron chi connectivity index (χ0n) is 19.3. The molecule has 32 heavy (non-hydrogen) atoms. The van der Waals surface area contributed by atoms with Crippen molar-refractivity contribution in [1.82, 2.24) is 9.58 Å². The number of benzene rings is 1. The fourth-order valence-corrected chi connectivity index (χ4v) is 4.94. The predicted molar refractivity (Wildman–Crippen MR) is 134 cm³/mol. The zero-order valence-corrected chi connectivity index (χ0v) is 20.1. The highest BCUT2D eigenvalue weighted by Crippen LogP contribution is 2.31. The van der Waals surface area contributed by atoms with Crippen LogP contribution >= 0.6 is 11.8 Å². The molecule has 0 bridgehead atoms. The van der Waals surface area contributed by atoms with Crippen LogP contribution in [0.25, 0.3) is 11.8 Å². The van der Waals surface area contributed by atoms with Crippen LogP contribution in [0, 0.1) is 33.1 Å². The molecule has 0 spiro atoms. The molecule has 7 heteroatoms. The normalized spacial score (nSPS) is 17.2. The van der Waals surface area contributed by atoms with Gasteiger partial charge in [0.15, 0.2) is 5.84 Å². The maximum absolute atomic E-state index is 12.8. The molecule has 2 aliphatic heterocycles. The number of rotatable bonds is 6. The van der Waals surface area contributed by atoms with Crippen molar-refractivity contribution in [2.75, 3.05) is 0 Å². The highest BCUT2D eigenvalue weighted by atomic mass is 32.2. The van der Waals surface area contributed by atoms with Gasteiger partial charge in [-0.3, -0.25) is 10.2 Å². The molecule has 2 aliphatic rings. The van der Waals surface area contributed by atoms with Crippen LogP contribution in [0.15, 0.2) is 39.9 Å². The van der Waals surface area contributed by atoms with E-state index in [0.717, 1.165) is 53.4 Å². The van der Waals surface area contributed by atoms with Gasteiger partial charge in [-0.05, 0) is 93.3 Å². The molecule has 4 rings (SSSR count). The van der Waals surface area contributed by atoms with Gasteiger partial charge in [0.05, 0.1) is 5.57 Å². The van der Waals surface area contributed by atoms with Crippen LogP contribution < -0.4 is 0 Å². The van der Waals surface area contributed by atoms with Gasteiger partial charge < -0.3 is 4.57 Å². The van der Waals surface area contributed by atoms with E-state index in [1.165, 1.54) is 27.9 Å². The number of nitrogens with zero attached hydrogens (tertiary/aromatic N) is 4. The third kappa shape index (κ3) is 4.09. The van der Waals surface area contributed by atoms with E-state index in [-0.39, 0.29) is 17.3 Å². The SMILES string of the molecule is CCCCCC1=NN2C(=N)C(=Cc3cc(C)n(-c4ccc(C)c(C)c4)c3C)C(=O)N=C2S1. The summed E-state index contributed by atoms with van der Waals surface area (Å²) in [5.74, 6) is -0.288. The molecule has 1 N–H and O–H groups in total. The van der Waals surface area contributed by atoms with Gasteiger partial charge in [-0.2, -0.15) is 15.1 Å². The molecular formula is C25H29N5OS. The summed E-state index contributed by atoms with van der Waals surface area (Å²) < 4.78 is 2.18. The van der Waals surface area contributed by atoms with Crippen LogP contribution in [-0.4, -0.2) is 31.5 Å². The van der Waals surface area contributed by atoms with E-state index in [1.54, 1.807) is 6.08 Å². The Kier molecular flexibility index (Phi) is 6.20. The van der Waals surface area contributed by atoms with E-state index in [2.05, 4.69) is 66.6 Å². The molecule has 2 aromatic rings. The lowest BCUT2D eigenvalue weighted by atomic mass is 10.1. The summed E-state index contributed by atoms with van der Waals surface area (Å²) in [6.07, 6.45) is 5.97. The fraction of sp³-hybridized carbons (Fsp3) is 0.360. The van der Waals surface area contributed by atoms with Crippen LogP contribution in [-0.2, 0) is 4.79 Å². The Morgan fingerprint density at radius 1 is 1.09 bits per heavy atom. The Morgan fingerprint density at radius 2 is 1.88 bits per heavy atom. The fourth-order valence-electron chi connectivity index (χ4n) is 4.01. The highest BCUT2D eigenvalue weighted by Gasteiger charge is 2.35. The topological polar surface area (TPSA) is 73.8 Å². The smallest absolute Gasteiger partial charge is 0.283 e. The first kappa shape index (κ1) is 22.3. The highest BCUT2D eigenvalue weighted by molar-refractivity contribution is 8.26. The molecule has 1 amide bonds. The molecule has 0 saturated carbocycles. The number of hydrazone groups is 1. The third-order valence-electron chi connectivity index (χ3n) is 6.01. The zero-order chi connectivity index (χ0) is 23.0. The van der Waals surface area contributed by atoms with Crippen molar-refractivity contribution in [3.8, 4) is 5.69 Å². The van der Waals surface area contributed by atoms with Gasteiger partial charge in [-0.15, -0.1) is 0 Å². The number of amidine groups is 2. The number of carbonyl (C=O) groups excluding carboxylic acids is 1. The lowest BCUT2D eigenvalue weighted by molar-refractivity contribution is -0.114. The third-order valence-corrected chi connectivity index (χ3v) is 6.98. The predicted octanol–water partition coefficient (Wildman–Crippen LogP) is 5.91. The molecule has 0 saturated heterocycles. The van der Waals surface area contributed by atoms with E-state index >= 15 is 0 Å². The summed E-state index contributed by atoms with van der Waals surface area (Å²) >= 11 is 1.40. The molecule has 166 valence electrons. The van der Waals surface area contributed by atoms with Crippen molar-refractivity contribution in [3.05, 3.63) is 57.9 Å². The second kappa shape index (κ2) is 8.90. The molecule has 0 unspecified atom stereocenters. The Bertz CT molecular complexity index is 1200. The molecule has 0 radical (unpaired) electrons. The number of amides is 1. The number of aliphatic imine (C=N–C) groups is 1. The van der Waals surface area contributed by atoms with Crippen LogP contribution in [0.1, 0.15) is 60.7 Å². The van der Waals surface area contributed by atoms with Crippen molar-refractivity contribution in [2.24, 2.45) is 10.1 Å². The van der Waals surface area contributed by atoms with E-state index in [1.807, 2.05) is 6.92 Å². The number of unbranched alkanes of at least 4 members (excludes halogenated alkanes) is 2. The summed E-state index contributed by atoms with van der Waals surface area (Å²) in [4.78, 5) is 17.0. The Morgan fingerprint density at radius 3 is 2.59 bits per heavy atom. The number of nitrogens with one attached hydrogen (secondary N) is 1. The number of aromatic nitrogens is 1. The van der Waals surface area contributed by atoms with E-state index in [0.29, 0.717) is 5.17 Å². The lowest BCUT2D eigenvalue weighted by Gasteiger charge is -2.20. The maximum atomic E-state index is 12.8. The Balaban J connectivity index is 1.65. The summed E-state index contributed by atoms with van der Waals surface area (Å²) in [5.41, 5.74) is 6.86. The van der Waals surface area contributed by atoms with Gasteiger partial charge in [0.1, 0.15) is 5.04 Å². The van der Waals surface area contributed by atoms with Crippen molar-refractivity contribution in [1.29, 1.82) is 5.41 Å². The first-order valence-corrected chi connectivity index (χ1v) is 11.9. The van der Waals surface area contributed by atoms with Crippen LogP contribution in [0.4, 0.5) is 0 Å². The molecule has 0 fully saturated rings. The number of hydrogen-bond donors (Lipinski definition) is 1. The molecule has 0 atom stereocenters. The molecule has 1 aromatic heterocycles. The number of carbonyl (C=O) groups is 1. The number of hydrogen-bond acceptors (Lipinski definition) is 4. The van der Waals surface area contributed by atoms with E-state index in [9.17, 15) is 4.79 Å². The average molecular weight is 448 g/mol. The van der Waals surface area contributed by atoms with Crippen LogP contribution in [0.5, 0.6) is 0 Å². The van der Waals surface area contributed by atoms with Crippen LogP contribution in [0.2, 0.25) is 0 Å². The minimum Gasteiger partial charge on any atom is -0.318 e. The molecule has 1 aromatic carbocycles. The summed E-state index contributed by atoms with van der Waals surface area (Å²) in [6.45, 7) is 10.5. The van der Waals surface area contributed by atoms with Gasteiger partial charge in [0.2, 0.25) is 5.17 Å². The minimum atomic E-state index is -0.380. The van der Waals surface area contributed by atoms with Gasteiger partial charge >= 0.3 is 0 Å². The second-order valence-electron chi connectivity index (χ2n) is 8.40. The summed E-state index contributed by atoms with van der Waals surface area (Å²) in [5, 5.41) is 16.1. The van der Waals surface area contributed by atoms with Crippen molar-refractivity contribution < 1.29 is 4.79 Å². The molecule has 3 heterocycles. The van der Waals surface area contributed by atoms with Crippen molar-refractivity contribution >= 4 is 39.8 Å². The number of aryl methyl sites for hydroxylation is 3. The summed E-state index contributed by atoms with van der Waals surface area (Å²) in [7, 11) is 0. The van der Waals surface area contributed by atoms with Gasteiger partial charge in [0, 0.05) is 17.1 Å². The maximum Gasteiger partial charge on any atom is 0.283 e. The summed E-state index contributed by atoms with van der Waals surface area (Å²) in [6, 6.07) is 8.46. The first-order valence-electron chi connectivity index (χ1n) is 11.1. The Labute approximate surface area is 193 Å². The molecule has 6 nitrogen and oxygen atoms in total. The van der Waals surface area contributed by atoms with Crippen molar-refractivity contribution in [2.45, 2.75) is 60.3 Å². The molecule has 0 aliphatic carbocycles. The molecular weight excluding hydrogens is 418 g/mol. The average Bonchev–Trinajstić information content (AvgIpc) is 3.27. The van der Waals surface area contributed by atoms with Gasteiger partial charge in [-0.1, -0.05) is 25.8 Å².